The molecule has 2 saturated heterocycles. The van der Waals surface area contributed by atoms with Crippen LogP contribution in [0.3, 0.4) is 0 Å². The van der Waals surface area contributed by atoms with Crippen molar-refractivity contribution in [3.05, 3.63) is 45.8 Å². The van der Waals surface area contributed by atoms with E-state index in [1.807, 2.05) is 0 Å². The number of rotatable bonds is 13. The maximum atomic E-state index is 15.9. The number of methoxy groups -OCH3 is 1. The van der Waals surface area contributed by atoms with Crippen LogP contribution < -0.4 is 17.0 Å². The summed E-state index contributed by atoms with van der Waals surface area (Å²) in [5.41, 5.74) is 4.75. The lowest BCUT2D eigenvalue weighted by Crippen LogP contribution is -2.33. The minimum atomic E-state index is -4.84. The number of ether oxygens (including phenoxy) is 3. The van der Waals surface area contributed by atoms with Gasteiger partial charge in [0, 0.05) is 31.5 Å². The van der Waals surface area contributed by atoms with Gasteiger partial charge in [-0.1, -0.05) is 0 Å². The summed E-state index contributed by atoms with van der Waals surface area (Å²) < 4.78 is 76.4. The highest BCUT2D eigenvalue weighted by Crippen LogP contribution is 2.56. The molecule has 248 valence electrons. The third-order valence-corrected chi connectivity index (χ3v) is 10.4. The van der Waals surface area contributed by atoms with Crippen molar-refractivity contribution in [3.63, 3.8) is 0 Å². The van der Waals surface area contributed by atoms with E-state index in [4.69, 9.17) is 33.7 Å². The fraction of sp³-hybridized carbons (Fsp3) is 0.571. The maximum Gasteiger partial charge on any atom is 0.502 e. The second kappa shape index (κ2) is 13.6. The second-order valence-corrected chi connectivity index (χ2v) is 14.9. The number of hydrogen-bond donors (Lipinski definition) is 4. The van der Waals surface area contributed by atoms with Gasteiger partial charge in [-0.25, -0.2) is 38.2 Å². The molecule has 0 aliphatic carbocycles. The van der Waals surface area contributed by atoms with Crippen LogP contribution >= 0.6 is 26.0 Å². The zero-order valence-electron chi connectivity index (χ0n) is 23.4. The number of alkyl halides is 1. The van der Waals surface area contributed by atoms with Gasteiger partial charge in [-0.15, -0.1) is 4.67 Å². The Kier molecular flexibility index (Phi) is 10.2. The molecule has 2 aliphatic heterocycles. The first-order valence-corrected chi connectivity index (χ1v) is 17.6. The van der Waals surface area contributed by atoms with Gasteiger partial charge in [0.1, 0.15) is 36.4 Å². The molecule has 8 atom stereocenters. The average molecular weight is 700 g/mol. The summed E-state index contributed by atoms with van der Waals surface area (Å²) in [7, 11) is -2.46. The number of fused-ring (bicyclic) bond motifs is 1. The standard InChI is InChI=1S/C21H28FN7O13P2S/c1-36-10-5-14(28-4-3-13(30)27-21(28)31)39-11(10)6-38-44(35,42-37-2)41-17-15(22)12(7-45-43(32,33)34)40-20(17)29-9-26-16-18(23)24-8-25-19(16)29/h3-4,8-12,14-15,17,20H,5-7H2,1-2H3,(H2,23,24,25)(H,27,30,31)(H2,32,33,34)/t10-,11+,12+,14+,15+,17+,20+,44?/m0/s1. The van der Waals surface area contributed by atoms with Gasteiger partial charge in [0.15, 0.2) is 23.9 Å². The molecule has 0 aromatic carbocycles. The lowest BCUT2D eigenvalue weighted by molar-refractivity contribution is -0.208. The first-order chi connectivity index (χ1) is 21.3. The topological polar surface area (TPSA) is 264 Å². The van der Waals surface area contributed by atoms with E-state index in [0.29, 0.717) is 0 Å². The molecule has 45 heavy (non-hydrogen) atoms. The van der Waals surface area contributed by atoms with Crippen molar-refractivity contribution in [2.75, 3.05) is 32.3 Å². The molecule has 2 aliphatic rings. The van der Waals surface area contributed by atoms with Crippen LogP contribution in [-0.4, -0.2) is 96.0 Å². The number of hydrogen-bond acceptors (Lipinski definition) is 16. The Balaban J connectivity index is 1.38. The summed E-state index contributed by atoms with van der Waals surface area (Å²) in [6, 6.07) is 1.13. The van der Waals surface area contributed by atoms with Crippen LogP contribution in [0.4, 0.5) is 10.2 Å². The number of imidazole rings is 1. The number of nitrogens with two attached hydrogens (primary N) is 1. The number of nitrogens with one attached hydrogen (secondary N) is 1. The smallest absolute Gasteiger partial charge is 0.382 e. The molecule has 5 N–H and O–H groups in total. The predicted molar refractivity (Wildman–Crippen MR) is 150 cm³/mol. The Morgan fingerprint density at radius 1 is 1.18 bits per heavy atom. The van der Waals surface area contributed by atoms with E-state index in [2.05, 4.69) is 24.8 Å². The Morgan fingerprint density at radius 3 is 2.64 bits per heavy atom. The van der Waals surface area contributed by atoms with Crippen molar-refractivity contribution in [2.24, 2.45) is 0 Å². The highest BCUT2D eigenvalue weighted by Gasteiger charge is 2.52. The lowest BCUT2D eigenvalue weighted by atomic mass is 10.2. The monoisotopic (exact) mass is 699 g/mol. The van der Waals surface area contributed by atoms with E-state index < -0.39 is 81.3 Å². The summed E-state index contributed by atoms with van der Waals surface area (Å²) in [5, 5.41) is 0. The van der Waals surface area contributed by atoms with Crippen LogP contribution in [0.5, 0.6) is 0 Å². The van der Waals surface area contributed by atoms with Crippen LogP contribution in [0.15, 0.2) is 34.5 Å². The highest BCUT2D eigenvalue weighted by molar-refractivity contribution is 8.54. The van der Waals surface area contributed by atoms with Crippen molar-refractivity contribution >= 4 is 43.0 Å². The van der Waals surface area contributed by atoms with E-state index in [1.54, 1.807) is 0 Å². The fourth-order valence-electron chi connectivity index (χ4n) is 4.79. The number of H-pyrrole nitrogens is 1. The normalized spacial score (nSPS) is 28.5. The Morgan fingerprint density at radius 2 is 1.96 bits per heavy atom. The SMILES string of the molecule is COOP(=O)(OC[C@H]1O[C@@H](n2ccc(=O)[nH]c2=O)C[C@@H]1OC)O[C@@H]1[C@H](F)[C@@H](CSP(=O)(O)O)O[C@H]1n1cnc2c(N)ncnc21. The number of aromatic nitrogens is 6. The summed E-state index contributed by atoms with van der Waals surface area (Å²) in [4.78, 5) is 61.0. The molecular weight excluding hydrogens is 671 g/mol. The van der Waals surface area contributed by atoms with Crippen LogP contribution in [0.2, 0.25) is 0 Å². The Bertz CT molecular complexity index is 1720. The largest absolute Gasteiger partial charge is 0.502 e. The summed E-state index contributed by atoms with van der Waals surface area (Å²) in [6.07, 6.45) is -5.74. The summed E-state index contributed by atoms with van der Waals surface area (Å²) in [6.45, 7) is -5.15. The van der Waals surface area contributed by atoms with Crippen molar-refractivity contribution in [2.45, 2.75) is 49.5 Å². The van der Waals surface area contributed by atoms with Crippen LogP contribution in [0, 0.1) is 0 Å². The van der Waals surface area contributed by atoms with Gasteiger partial charge in [0.2, 0.25) is 0 Å². The zero-order valence-corrected chi connectivity index (χ0v) is 26.0. The van der Waals surface area contributed by atoms with Crippen molar-refractivity contribution in [1.29, 1.82) is 0 Å². The number of phosphoric ester groups is 1. The molecule has 5 heterocycles. The zero-order chi connectivity index (χ0) is 32.5. The van der Waals surface area contributed by atoms with Gasteiger partial charge >= 0.3 is 20.3 Å². The predicted octanol–water partition coefficient (Wildman–Crippen LogP) is 0.411. The second-order valence-electron chi connectivity index (χ2n) is 9.59. The molecule has 0 saturated carbocycles. The van der Waals surface area contributed by atoms with Crippen molar-refractivity contribution < 1.29 is 56.1 Å². The lowest BCUT2D eigenvalue weighted by Gasteiger charge is -2.26. The number of anilines is 1. The molecular formula is C21H28FN7O13P2S. The van der Waals surface area contributed by atoms with Gasteiger partial charge in [-0.05, 0) is 11.4 Å². The van der Waals surface area contributed by atoms with Crippen LogP contribution in [0.25, 0.3) is 11.2 Å². The number of nitrogen functional groups attached to an aromatic ring is 1. The first-order valence-electron chi connectivity index (χ1n) is 12.9. The molecule has 0 radical (unpaired) electrons. The minimum absolute atomic E-state index is 0.00281. The van der Waals surface area contributed by atoms with E-state index in [0.717, 1.165) is 24.1 Å². The molecule has 24 heteroatoms. The van der Waals surface area contributed by atoms with Gasteiger partial charge < -0.3 is 29.7 Å². The van der Waals surface area contributed by atoms with Gasteiger partial charge in [0.05, 0.1) is 26.1 Å². The summed E-state index contributed by atoms with van der Waals surface area (Å²) in [5.74, 6) is -0.512. The Hall–Kier alpha value is -2.59. The third-order valence-electron chi connectivity index (χ3n) is 6.79. The van der Waals surface area contributed by atoms with E-state index in [9.17, 15) is 28.5 Å². The van der Waals surface area contributed by atoms with Crippen LogP contribution in [-0.2, 0) is 42.0 Å². The summed E-state index contributed by atoms with van der Waals surface area (Å²) >= 11 is 0.145. The minimum Gasteiger partial charge on any atom is -0.382 e. The molecule has 0 spiro atoms. The van der Waals surface area contributed by atoms with E-state index in [1.165, 1.54) is 24.2 Å². The third kappa shape index (κ3) is 7.53. The van der Waals surface area contributed by atoms with Gasteiger partial charge in [0.25, 0.3) is 5.56 Å². The van der Waals surface area contributed by atoms with Crippen molar-refractivity contribution in [1.82, 2.24) is 29.1 Å². The quantitative estimate of drug-likeness (QED) is 0.107. The van der Waals surface area contributed by atoms with E-state index in [-0.39, 0.29) is 34.8 Å². The Labute approximate surface area is 255 Å². The van der Waals surface area contributed by atoms with Crippen LogP contribution in [0.1, 0.15) is 18.9 Å². The molecule has 0 amide bonds. The fourth-order valence-corrected chi connectivity index (χ4v) is 7.59. The number of aromatic amines is 1. The number of halogens is 1. The number of phosphoric acid groups is 1. The molecule has 0 bridgehead atoms. The maximum absolute atomic E-state index is 15.9. The molecule has 1 unspecified atom stereocenters. The number of nitrogens with zero attached hydrogens (tertiary/aromatic N) is 5. The van der Waals surface area contributed by atoms with Crippen molar-refractivity contribution in [3.8, 4) is 0 Å². The molecule has 2 fully saturated rings. The highest BCUT2D eigenvalue weighted by atomic mass is 32.7. The first kappa shape index (κ1) is 33.8. The molecule has 5 rings (SSSR count). The van der Waals surface area contributed by atoms with E-state index >= 15 is 4.39 Å². The van der Waals surface area contributed by atoms with Gasteiger partial charge in [-0.2, -0.15) is 0 Å². The van der Waals surface area contributed by atoms with Gasteiger partial charge in [-0.3, -0.25) is 28.0 Å². The molecule has 3 aromatic heterocycles. The molecule has 20 nitrogen and oxygen atoms in total. The molecule has 3 aromatic rings. The average Bonchev–Trinajstić information content (AvgIpc) is 3.67.